The minimum Gasteiger partial charge on any atom is -0.254 e. The molecule has 0 saturated heterocycles. The van der Waals surface area contributed by atoms with Crippen molar-refractivity contribution >= 4 is 21.2 Å². The Bertz CT molecular complexity index is 1000. The maximum absolute atomic E-state index is 14.1. The fraction of sp³-hybridized carbons (Fsp3) is 0.235. The van der Waals surface area contributed by atoms with Crippen molar-refractivity contribution in [2.75, 3.05) is 11.3 Å². The van der Waals surface area contributed by atoms with Gasteiger partial charge in [0.25, 0.3) is 0 Å². The minimum atomic E-state index is -4.71. The lowest BCUT2D eigenvalue weighted by molar-refractivity contribution is -0.0600. The zero-order chi connectivity index (χ0) is 20.0. The van der Waals surface area contributed by atoms with Crippen molar-refractivity contribution in [3.8, 4) is 0 Å². The van der Waals surface area contributed by atoms with Crippen LogP contribution in [0.1, 0.15) is 18.0 Å². The van der Waals surface area contributed by atoms with Gasteiger partial charge >= 0.3 is 6.18 Å². The highest BCUT2D eigenvalue weighted by atomic mass is 32.2. The van der Waals surface area contributed by atoms with Crippen LogP contribution in [0.15, 0.2) is 52.5 Å². The van der Waals surface area contributed by atoms with Crippen LogP contribution in [-0.2, 0) is 9.84 Å². The van der Waals surface area contributed by atoms with Crippen molar-refractivity contribution < 1.29 is 30.4 Å². The zero-order valence-corrected chi connectivity index (χ0v) is 14.7. The average molecular weight is 404 g/mol. The van der Waals surface area contributed by atoms with E-state index < -0.39 is 45.8 Å². The lowest BCUT2D eigenvalue weighted by atomic mass is 10.0. The van der Waals surface area contributed by atoms with E-state index in [0.29, 0.717) is 11.6 Å². The van der Waals surface area contributed by atoms with Gasteiger partial charge in [-0.05, 0) is 29.8 Å². The van der Waals surface area contributed by atoms with Crippen molar-refractivity contribution in [3.05, 3.63) is 59.7 Å². The van der Waals surface area contributed by atoms with E-state index in [1.54, 1.807) is 0 Å². The summed E-state index contributed by atoms with van der Waals surface area (Å²) in [6.07, 6.45) is -4.27. The third kappa shape index (κ3) is 3.95. The third-order valence-corrected chi connectivity index (χ3v) is 5.22. The molecule has 1 atom stereocenters. The second-order valence-corrected chi connectivity index (χ2v) is 8.06. The van der Waals surface area contributed by atoms with Crippen LogP contribution >= 0.6 is 0 Å². The van der Waals surface area contributed by atoms with Gasteiger partial charge in [-0.1, -0.05) is 12.1 Å². The first-order valence-electron chi connectivity index (χ1n) is 7.66. The quantitative estimate of drug-likeness (QED) is 0.720. The minimum absolute atomic E-state index is 0.000669. The molecule has 1 heterocycles. The van der Waals surface area contributed by atoms with Crippen LogP contribution in [0.5, 0.6) is 0 Å². The summed E-state index contributed by atoms with van der Waals surface area (Å²) in [7, 11) is -3.48. The van der Waals surface area contributed by atoms with Crippen LogP contribution in [0.25, 0.3) is 0 Å². The van der Waals surface area contributed by atoms with E-state index in [4.69, 9.17) is 0 Å². The van der Waals surface area contributed by atoms with Crippen LogP contribution in [-0.4, -0.2) is 26.6 Å². The first-order valence-corrected chi connectivity index (χ1v) is 9.55. The fourth-order valence-electron chi connectivity index (χ4n) is 2.77. The first kappa shape index (κ1) is 19.3. The summed E-state index contributed by atoms with van der Waals surface area (Å²) in [5.41, 5.74) is -1.11. The fourth-order valence-corrected chi connectivity index (χ4v) is 3.40. The highest BCUT2D eigenvalue weighted by Gasteiger charge is 2.44. The summed E-state index contributed by atoms with van der Waals surface area (Å²) < 4.78 is 89.8. The second-order valence-electron chi connectivity index (χ2n) is 6.05. The van der Waals surface area contributed by atoms with Gasteiger partial charge in [-0.3, -0.25) is 5.01 Å². The Hall–Kier alpha value is -2.49. The van der Waals surface area contributed by atoms with E-state index in [1.807, 2.05) is 0 Å². The van der Waals surface area contributed by atoms with Crippen LogP contribution < -0.4 is 5.01 Å². The van der Waals surface area contributed by atoms with Gasteiger partial charge < -0.3 is 0 Å². The molecular weight excluding hydrogens is 391 g/mol. The first-order chi connectivity index (χ1) is 12.5. The van der Waals surface area contributed by atoms with Crippen LogP contribution in [0.2, 0.25) is 0 Å². The molecule has 1 aliphatic rings. The number of nitrogens with zero attached hydrogens (tertiary/aromatic N) is 2. The normalized spacial score (nSPS) is 17.9. The van der Waals surface area contributed by atoms with E-state index in [1.165, 1.54) is 24.3 Å². The van der Waals surface area contributed by atoms with Gasteiger partial charge in [0.15, 0.2) is 15.7 Å². The number of sulfone groups is 1. The summed E-state index contributed by atoms with van der Waals surface area (Å²) in [5, 5.41) is 4.33. The summed E-state index contributed by atoms with van der Waals surface area (Å²) in [6.45, 7) is 0. The molecule has 27 heavy (non-hydrogen) atoms. The molecule has 0 aliphatic carbocycles. The lowest BCUT2D eigenvalue weighted by Crippen LogP contribution is -2.21. The van der Waals surface area contributed by atoms with Gasteiger partial charge in [-0.25, -0.2) is 17.2 Å². The van der Waals surface area contributed by atoms with Gasteiger partial charge in [0.1, 0.15) is 11.5 Å². The van der Waals surface area contributed by atoms with E-state index >= 15 is 0 Å². The molecule has 2 aromatic rings. The number of benzene rings is 2. The van der Waals surface area contributed by atoms with E-state index in [-0.39, 0.29) is 10.6 Å². The molecular formula is C17H13F5N2O2S. The second kappa shape index (κ2) is 6.59. The zero-order valence-electron chi connectivity index (χ0n) is 13.8. The summed E-state index contributed by atoms with van der Waals surface area (Å²) in [4.78, 5) is 0.000669. The Morgan fingerprint density at radius 1 is 1.07 bits per heavy atom. The van der Waals surface area contributed by atoms with E-state index in [0.717, 1.165) is 23.4 Å². The third-order valence-electron chi connectivity index (χ3n) is 4.09. The average Bonchev–Trinajstić information content (AvgIpc) is 2.99. The number of anilines is 1. The molecule has 1 unspecified atom stereocenters. The molecule has 0 saturated carbocycles. The summed E-state index contributed by atoms with van der Waals surface area (Å²) >= 11 is 0. The van der Waals surface area contributed by atoms with Gasteiger partial charge in [0.2, 0.25) is 0 Å². The number of hydrazone groups is 1. The van der Waals surface area contributed by atoms with Gasteiger partial charge in [0.05, 0.1) is 16.6 Å². The molecule has 0 radical (unpaired) electrons. The van der Waals surface area contributed by atoms with Gasteiger partial charge in [0, 0.05) is 18.7 Å². The molecule has 2 aromatic carbocycles. The maximum atomic E-state index is 14.1. The highest BCUT2D eigenvalue weighted by Crippen LogP contribution is 2.40. The van der Waals surface area contributed by atoms with E-state index in [2.05, 4.69) is 5.10 Å². The highest BCUT2D eigenvalue weighted by molar-refractivity contribution is 7.90. The van der Waals surface area contributed by atoms with Crippen LogP contribution in [0.3, 0.4) is 0 Å². The molecule has 0 amide bonds. The predicted octanol–water partition coefficient (Wildman–Crippen LogP) is 4.24. The molecule has 10 heteroatoms. The van der Waals surface area contributed by atoms with Gasteiger partial charge in [-0.15, -0.1) is 0 Å². The number of rotatable bonds is 3. The van der Waals surface area contributed by atoms with Crippen LogP contribution in [0.4, 0.5) is 27.6 Å². The summed E-state index contributed by atoms with van der Waals surface area (Å²) in [6, 6.07) is 6.68. The Morgan fingerprint density at radius 2 is 1.70 bits per heavy atom. The molecule has 0 aromatic heterocycles. The maximum Gasteiger partial charge on any atom is 0.431 e. The number of alkyl halides is 3. The molecule has 0 bridgehead atoms. The Kier molecular flexibility index (Phi) is 4.71. The number of hydrogen-bond acceptors (Lipinski definition) is 4. The Labute approximate surface area is 151 Å². The molecule has 0 N–H and O–H groups in total. The Morgan fingerprint density at radius 3 is 2.22 bits per heavy atom. The van der Waals surface area contributed by atoms with Crippen molar-refractivity contribution in [2.24, 2.45) is 5.10 Å². The van der Waals surface area contributed by atoms with Crippen molar-refractivity contribution in [1.82, 2.24) is 0 Å². The topological polar surface area (TPSA) is 49.7 Å². The SMILES string of the molecule is CS(=O)(=O)c1ccc(C2CC(C(F)(F)F)=NN2c2ccc(F)cc2F)cc1. The summed E-state index contributed by atoms with van der Waals surface area (Å²) in [5.74, 6) is -1.93. The van der Waals surface area contributed by atoms with E-state index in [9.17, 15) is 30.4 Å². The largest absolute Gasteiger partial charge is 0.431 e. The van der Waals surface area contributed by atoms with Crippen LogP contribution in [0, 0.1) is 11.6 Å². The van der Waals surface area contributed by atoms with Gasteiger partial charge in [-0.2, -0.15) is 18.3 Å². The Balaban J connectivity index is 2.05. The smallest absolute Gasteiger partial charge is 0.254 e. The van der Waals surface area contributed by atoms with Crippen molar-refractivity contribution in [3.63, 3.8) is 0 Å². The van der Waals surface area contributed by atoms with Crippen molar-refractivity contribution in [1.29, 1.82) is 0 Å². The molecule has 1 aliphatic heterocycles. The molecule has 3 rings (SSSR count). The monoisotopic (exact) mass is 404 g/mol. The standard InChI is InChI=1S/C17H13F5N2O2S/c1-27(25,26)12-5-2-10(3-6-12)15-9-16(17(20,21)22)23-24(15)14-7-4-11(18)8-13(14)19/h2-8,15H,9H2,1H3. The lowest BCUT2D eigenvalue weighted by Gasteiger charge is -2.24. The molecule has 144 valence electrons. The van der Waals surface area contributed by atoms with Crippen molar-refractivity contribution in [2.45, 2.75) is 23.5 Å². The predicted molar refractivity (Wildman–Crippen MR) is 89.2 cm³/mol. The molecule has 0 spiro atoms. The molecule has 4 nitrogen and oxygen atoms in total. The molecule has 0 fully saturated rings. The number of halogens is 5. The number of hydrogen-bond donors (Lipinski definition) is 0.